The van der Waals surface area contributed by atoms with Crippen LogP contribution in [0, 0.1) is 6.07 Å². The van der Waals surface area contributed by atoms with Crippen LogP contribution in [0.1, 0.15) is 0 Å². The van der Waals surface area contributed by atoms with Crippen molar-refractivity contribution in [2.75, 3.05) is 0 Å². The molecule has 1 heterocycles. The molecule has 0 atom stereocenters. The standard InChI is InChI=1S/C9H5ClNO/c10-8-3-1-2-7(6-8)9-4-5-12-11-9/h1,3-6H. The maximum atomic E-state index is 5.78. The highest BCUT2D eigenvalue weighted by molar-refractivity contribution is 6.30. The number of aromatic nitrogens is 1. The van der Waals surface area contributed by atoms with Gasteiger partial charge in [0.05, 0.1) is 0 Å². The first-order valence-corrected chi connectivity index (χ1v) is 3.82. The van der Waals surface area contributed by atoms with E-state index in [9.17, 15) is 0 Å². The zero-order valence-electron chi connectivity index (χ0n) is 6.12. The molecule has 3 heteroatoms. The fourth-order valence-corrected chi connectivity index (χ4v) is 1.11. The summed E-state index contributed by atoms with van der Waals surface area (Å²) in [4.78, 5) is 0. The number of nitrogens with zero attached hydrogens (tertiary/aromatic N) is 1. The molecule has 0 aliphatic carbocycles. The normalized spacial score (nSPS) is 10.1. The van der Waals surface area contributed by atoms with E-state index < -0.39 is 0 Å². The van der Waals surface area contributed by atoms with Gasteiger partial charge in [-0.1, -0.05) is 22.8 Å². The van der Waals surface area contributed by atoms with Gasteiger partial charge in [0.1, 0.15) is 12.0 Å². The summed E-state index contributed by atoms with van der Waals surface area (Å²) in [6.45, 7) is 0. The van der Waals surface area contributed by atoms with Crippen molar-refractivity contribution in [3.63, 3.8) is 0 Å². The van der Waals surface area contributed by atoms with E-state index in [2.05, 4.69) is 11.2 Å². The van der Waals surface area contributed by atoms with Crippen LogP contribution < -0.4 is 0 Å². The minimum atomic E-state index is 0.673. The van der Waals surface area contributed by atoms with Gasteiger partial charge in [-0.2, -0.15) is 0 Å². The molecule has 0 spiro atoms. The van der Waals surface area contributed by atoms with Gasteiger partial charge in [0, 0.05) is 16.7 Å². The molecule has 2 nitrogen and oxygen atoms in total. The zero-order chi connectivity index (χ0) is 8.39. The summed E-state index contributed by atoms with van der Waals surface area (Å²) in [5.74, 6) is 0. The Kier molecular flexibility index (Phi) is 1.84. The maximum Gasteiger partial charge on any atom is 0.124 e. The van der Waals surface area contributed by atoms with Gasteiger partial charge >= 0.3 is 0 Å². The van der Waals surface area contributed by atoms with Gasteiger partial charge in [-0.25, -0.2) is 0 Å². The van der Waals surface area contributed by atoms with Gasteiger partial charge in [0.2, 0.25) is 0 Å². The molecule has 2 aromatic rings. The van der Waals surface area contributed by atoms with Gasteiger partial charge in [-0.15, -0.1) is 0 Å². The average Bonchev–Trinajstić information content (AvgIpc) is 2.56. The van der Waals surface area contributed by atoms with Crippen LogP contribution in [-0.4, -0.2) is 5.16 Å². The third-order valence-electron chi connectivity index (χ3n) is 1.48. The molecule has 59 valence electrons. The quantitative estimate of drug-likeness (QED) is 0.671. The SMILES string of the molecule is Clc1cc[c]c(-c2ccon2)c1. The van der Waals surface area contributed by atoms with Crippen LogP contribution in [0.3, 0.4) is 0 Å². The minimum Gasteiger partial charge on any atom is -0.364 e. The number of hydrogen-bond donors (Lipinski definition) is 0. The Morgan fingerprint density at radius 3 is 3.00 bits per heavy atom. The molecule has 1 radical (unpaired) electrons. The van der Waals surface area contributed by atoms with E-state index in [0.29, 0.717) is 5.02 Å². The number of halogens is 1. The largest absolute Gasteiger partial charge is 0.364 e. The van der Waals surface area contributed by atoms with E-state index in [0.717, 1.165) is 11.3 Å². The lowest BCUT2D eigenvalue weighted by molar-refractivity contribution is 0.422. The highest BCUT2D eigenvalue weighted by atomic mass is 35.5. The molecule has 0 aliphatic rings. The van der Waals surface area contributed by atoms with E-state index in [1.165, 1.54) is 6.26 Å². The smallest absolute Gasteiger partial charge is 0.124 e. The molecule has 0 saturated carbocycles. The Morgan fingerprint density at radius 2 is 2.33 bits per heavy atom. The van der Waals surface area contributed by atoms with Gasteiger partial charge < -0.3 is 4.52 Å². The van der Waals surface area contributed by atoms with Crippen LogP contribution in [0.25, 0.3) is 11.3 Å². The van der Waals surface area contributed by atoms with Crippen LogP contribution in [0.4, 0.5) is 0 Å². The Balaban J connectivity index is 2.48. The molecule has 0 amide bonds. The van der Waals surface area contributed by atoms with E-state index in [4.69, 9.17) is 16.1 Å². The minimum absolute atomic E-state index is 0.673. The fraction of sp³-hybridized carbons (Fsp3) is 0. The van der Waals surface area contributed by atoms with E-state index in [1.807, 2.05) is 0 Å². The lowest BCUT2D eigenvalue weighted by Crippen LogP contribution is -1.75. The zero-order valence-corrected chi connectivity index (χ0v) is 6.88. The van der Waals surface area contributed by atoms with Crippen molar-refractivity contribution in [1.82, 2.24) is 5.16 Å². The average molecular weight is 179 g/mol. The van der Waals surface area contributed by atoms with Gasteiger partial charge in [0.25, 0.3) is 0 Å². The topological polar surface area (TPSA) is 26.0 Å². The lowest BCUT2D eigenvalue weighted by atomic mass is 10.2. The van der Waals surface area contributed by atoms with Crippen molar-refractivity contribution in [2.24, 2.45) is 0 Å². The Bertz CT molecular complexity index is 370. The molecule has 0 bridgehead atoms. The van der Waals surface area contributed by atoms with E-state index >= 15 is 0 Å². The van der Waals surface area contributed by atoms with E-state index in [-0.39, 0.29) is 0 Å². The highest BCUT2D eigenvalue weighted by Crippen LogP contribution is 2.19. The fourth-order valence-electron chi connectivity index (χ4n) is 0.938. The first kappa shape index (κ1) is 7.37. The van der Waals surface area contributed by atoms with Crippen LogP contribution >= 0.6 is 11.6 Å². The van der Waals surface area contributed by atoms with Gasteiger partial charge in [0.15, 0.2) is 0 Å². The summed E-state index contributed by atoms with van der Waals surface area (Å²) < 4.78 is 4.70. The summed E-state index contributed by atoms with van der Waals surface area (Å²) in [5.41, 5.74) is 1.59. The van der Waals surface area contributed by atoms with Crippen molar-refractivity contribution in [2.45, 2.75) is 0 Å². The molecule has 1 aromatic heterocycles. The summed E-state index contributed by atoms with van der Waals surface area (Å²) >= 11 is 5.78. The molecule has 0 N–H and O–H groups in total. The van der Waals surface area contributed by atoms with Crippen LogP contribution in [0.5, 0.6) is 0 Å². The molecular weight excluding hydrogens is 174 g/mol. The first-order valence-electron chi connectivity index (χ1n) is 3.44. The molecule has 0 unspecified atom stereocenters. The lowest BCUT2D eigenvalue weighted by Gasteiger charge is -1.93. The Hall–Kier alpha value is -1.28. The van der Waals surface area contributed by atoms with Crippen molar-refractivity contribution in [3.05, 3.63) is 41.6 Å². The molecule has 2 rings (SSSR count). The monoisotopic (exact) mass is 178 g/mol. The van der Waals surface area contributed by atoms with E-state index in [1.54, 1.807) is 24.3 Å². The first-order chi connectivity index (χ1) is 5.86. The van der Waals surface area contributed by atoms with Crippen molar-refractivity contribution < 1.29 is 4.52 Å². The maximum absolute atomic E-state index is 5.78. The predicted molar refractivity (Wildman–Crippen MR) is 45.8 cm³/mol. The van der Waals surface area contributed by atoms with Crippen LogP contribution in [0.2, 0.25) is 5.02 Å². The molecule has 0 aliphatic heterocycles. The van der Waals surface area contributed by atoms with Gasteiger partial charge in [-0.05, 0) is 18.2 Å². The summed E-state index contributed by atoms with van der Waals surface area (Å²) in [5, 5.41) is 4.44. The molecule has 0 fully saturated rings. The number of benzene rings is 1. The molecule has 1 aromatic carbocycles. The highest BCUT2D eigenvalue weighted by Gasteiger charge is 2.00. The van der Waals surface area contributed by atoms with Crippen molar-refractivity contribution in [3.8, 4) is 11.3 Å². The summed E-state index contributed by atoms with van der Waals surface area (Å²) in [6, 6.07) is 10.1. The Morgan fingerprint density at radius 1 is 1.42 bits per heavy atom. The second-order valence-corrected chi connectivity index (χ2v) is 2.74. The summed E-state index contributed by atoms with van der Waals surface area (Å²) in [7, 11) is 0. The number of rotatable bonds is 1. The van der Waals surface area contributed by atoms with Crippen LogP contribution in [-0.2, 0) is 0 Å². The second kappa shape index (κ2) is 2.99. The predicted octanol–water partition coefficient (Wildman–Crippen LogP) is 2.80. The molecule has 12 heavy (non-hydrogen) atoms. The third-order valence-corrected chi connectivity index (χ3v) is 1.71. The van der Waals surface area contributed by atoms with Gasteiger partial charge in [-0.3, -0.25) is 0 Å². The molecular formula is C9H5ClNO. The molecule has 0 saturated heterocycles. The second-order valence-electron chi connectivity index (χ2n) is 2.31. The third kappa shape index (κ3) is 1.34. The Labute approximate surface area is 74.8 Å². The van der Waals surface area contributed by atoms with Crippen molar-refractivity contribution >= 4 is 11.6 Å². The van der Waals surface area contributed by atoms with Crippen molar-refractivity contribution in [1.29, 1.82) is 0 Å². The van der Waals surface area contributed by atoms with Crippen LogP contribution in [0.15, 0.2) is 35.1 Å². The summed E-state index contributed by atoms with van der Waals surface area (Å²) in [6.07, 6.45) is 1.52. The number of hydrogen-bond acceptors (Lipinski definition) is 2.